The first-order valence-corrected chi connectivity index (χ1v) is 8.05. The number of para-hydroxylation sites is 1. The molecule has 0 aliphatic carbocycles. The van der Waals surface area contributed by atoms with Crippen LogP contribution in [0.5, 0.6) is 0 Å². The van der Waals surface area contributed by atoms with Crippen molar-refractivity contribution in [2.24, 2.45) is 0 Å². The minimum Gasteiger partial charge on any atom is -0.368 e. The number of rotatable bonds is 4. The van der Waals surface area contributed by atoms with Crippen LogP contribution in [0.25, 0.3) is 0 Å². The van der Waals surface area contributed by atoms with Crippen molar-refractivity contribution in [3.8, 4) is 0 Å². The predicted molar refractivity (Wildman–Crippen MR) is 93.0 cm³/mol. The molecule has 1 aliphatic rings. The maximum absolute atomic E-state index is 12.4. The van der Waals surface area contributed by atoms with Crippen LogP contribution >= 0.6 is 0 Å². The van der Waals surface area contributed by atoms with Gasteiger partial charge in [-0.3, -0.25) is 9.78 Å². The maximum Gasteiger partial charge on any atom is 0.257 e. The fourth-order valence-electron chi connectivity index (χ4n) is 2.77. The fraction of sp³-hybridized carbons (Fsp3) is 0.333. The summed E-state index contributed by atoms with van der Waals surface area (Å²) in [6.45, 7) is 7.32. The van der Waals surface area contributed by atoms with Crippen molar-refractivity contribution >= 4 is 17.3 Å². The van der Waals surface area contributed by atoms with Gasteiger partial charge < -0.3 is 15.1 Å². The van der Waals surface area contributed by atoms with Gasteiger partial charge in [0.05, 0.1) is 17.4 Å². The second-order valence-electron chi connectivity index (χ2n) is 5.67. The highest BCUT2D eigenvalue weighted by atomic mass is 16.1. The molecule has 2 heterocycles. The van der Waals surface area contributed by atoms with Crippen LogP contribution in [0, 0.1) is 0 Å². The zero-order valence-corrected chi connectivity index (χ0v) is 13.4. The largest absolute Gasteiger partial charge is 0.368 e. The number of nitrogens with one attached hydrogen (secondary N) is 1. The molecular weight excluding hydrogens is 288 g/mol. The third kappa shape index (κ3) is 3.87. The fourth-order valence-corrected chi connectivity index (χ4v) is 2.77. The molecule has 1 aliphatic heterocycles. The summed E-state index contributed by atoms with van der Waals surface area (Å²) < 4.78 is 0. The van der Waals surface area contributed by atoms with E-state index >= 15 is 0 Å². The van der Waals surface area contributed by atoms with Gasteiger partial charge in [0.2, 0.25) is 0 Å². The maximum atomic E-state index is 12.4. The van der Waals surface area contributed by atoms with Gasteiger partial charge in [0.1, 0.15) is 0 Å². The number of nitrogens with zero attached hydrogens (tertiary/aromatic N) is 3. The van der Waals surface area contributed by atoms with Gasteiger partial charge in [-0.2, -0.15) is 0 Å². The zero-order valence-electron chi connectivity index (χ0n) is 13.4. The van der Waals surface area contributed by atoms with Gasteiger partial charge in [0.15, 0.2) is 0 Å². The number of carbonyl (C=O) groups excluding carboxylic acids is 1. The molecule has 0 radical (unpaired) electrons. The van der Waals surface area contributed by atoms with E-state index in [0.717, 1.165) is 44.1 Å². The third-order valence-corrected chi connectivity index (χ3v) is 4.20. The molecule has 0 spiro atoms. The topological polar surface area (TPSA) is 48.5 Å². The Morgan fingerprint density at radius 2 is 1.87 bits per heavy atom. The Hall–Kier alpha value is -2.40. The lowest BCUT2D eigenvalue weighted by Crippen LogP contribution is -2.46. The van der Waals surface area contributed by atoms with E-state index in [4.69, 9.17) is 0 Å². The first-order valence-electron chi connectivity index (χ1n) is 8.05. The van der Waals surface area contributed by atoms with E-state index in [1.165, 1.54) is 0 Å². The summed E-state index contributed by atoms with van der Waals surface area (Å²) in [6, 6.07) is 11.4. The van der Waals surface area contributed by atoms with Crippen molar-refractivity contribution in [3.63, 3.8) is 0 Å². The quantitative estimate of drug-likeness (QED) is 0.942. The molecule has 120 valence electrons. The van der Waals surface area contributed by atoms with Gasteiger partial charge in [0, 0.05) is 38.1 Å². The second-order valence-corrected chi connectivity index (χ2v) is 5.67. The summed E-state index contributed by atoms with van der Waals surface area (Å²) in [5.41, 5.74) is 2.39. The number of carbonyl (C=O) groups is 1. The van der Waals surface area contributed by atoms with Crippen LogP contribution in [0.15, 0.2) is 48.8 Å². The van der Waals surface area contributed by atoms with Crippen molar-refractivity contribution in [3.05, 3.63) is 54.4 Å². The first-order chi connectivity index (χ1) is 11.3. The second kappa shape index (κ2) is 7.24. The SMILES string of the molecule is CCN1CCN(c2cncc(C(=O)Nc3ccccc3)c2)CC1. The van der Waals surface area contributed by atoms with Gasteiger partial charge in [-0.1, -0.05) is 25.1 Å². The molecule has 1 saturated heterocycles. The Balaban J connectivity index is 1.69. The van der Waals surface area contributed by atoms with Crippen molar-refractivity contribution in [1.82, 2.24) is 9.88 Å². The first kappa shape index (κ1) is 15.5. The highest BCUT2D eigenvalue weighted by molar-refractivity contribution is 6.04. The monoisotopic (exact) mass is 310 g/mol. The number of hydrogen-bond donors (Lipinski definition) is 1. The zero-order chi connectivity index (χ0) is 16.1. The summed E-state index contributed by atoms with van der Waals surface area (Å²) in [7, 11) is 0. The Morgan fingerprint density at radius 3 is 2.57 bits per heavy atom. The molecule has 5 nitrogen and oxygen atoms in total. The number of aromatic nitrogens is 1. The minimum atomic E-state index is -0.127. The van der Waals surface area contributed by atoms with Gasteiger partial charge in [0.25, 0.3) is 5.91 Å². The highest BCUT2D eigenvalue weighted by Crippen LogP contribution is 2.18. The average Bonchev–Trinajstić information content (AvgIpc) is 2.63. The molecular formula is C18H22N4O. The van der Waals surface area contributed by atoms with Crippen LogP contribution < -0.4 is 10.2 Å². The molecule has 5 heteroatoms. The Bertz CT molecular complexity index is 651. The van der Waals surface area contributed by atoms with E-state index in [2.05, 4.69) is 27.0 Å². The molecule has 0 unspecified atom stereocenters. The van der Waals surface area contributed by atoms with Crippen molar-refractivity contribution in [1.29, 1.82) is 0 Å². The van der Waals surface area contributed by atoms with Gasteiger partial charge in [-0.25, -0.2) is 0 Å². The molecule has 1 N–H and O–H groups in total. The Kier molecular flexibility index (Phi) is 4.88. The summed E-state index contributed by atoms with van der Waals surface area (Å²) in [5.74, 6) is -0.127. The molecule has 1 amide bonds. The van der Waals surface area contributed by atoms with Gasteiger partial charge in [-0.05, 0) is 24.7 Å². The van der Waals surface area contributed by atoms with E-state index in [1.807, 2.05) is 42.6 Å². The van der Waals surface area contributed by atoms with E-state index in [1.54, 1.807) is 6.20 Å². The van der Waals surface area contributed by atoms with Crippen LogP contribution in [0.2, 0.25) is 0 Å². The summed E-state index contributed by atoms with van der Waals surface area (Å²) >= 11 is 0. The number of hydrogen-bond acceptors (Lipinski definition) is 4. The number of benzene rings is 1. The van der Waals surface area contributed by atoms with E-state index < -0.39 is 0 Å². The molecule has 0 bridgehead atoms. The minimum absolute atomic E-state index is 0.127. The van der Waals surface area contributed by atoms with Crippen LogP contribution in [0.4, 0.5) is 11.4 Å². The molecule has 1 aromatic heterocycles. The molecule has 1 fully saturated rings. The molecule has 2 aromatic rings. The van der Waals surface area contributed by atoms with Crippen molar-refractivity contribution in [2.45, 2.75) is 6.92 Å². The summed E-state index contributed by atoms with van der Waals surface area (Å²) in [4.78, 5) is 21.3. The Labute approximate surface area is 136 Å². The predicted octanol–water partition coefficient (Wildman–Crippen LogP) is 2.48. The van der Waals surface area contributed by atoms with E-state index in [0.29, 0.717) is 5.56 Å². The van der Waals surface area contributed by atoms with Crippen LogP contribution in [0.3, 0.4) is 0 Å². The molecule has 0 atom stereocenters. The Morgan fingerprint density at radius 1 is 1.13 bits per heavy atom. The third-order valence-electron chi connectivity index (χ3n) is 4.20. The highest BCUT2D eigenvalue weighted by Gasteiger charge is 2.17. The van der Waals surface area contributed by atoms with Crippen LogP contribution in [-0.4, -0.2) is 48.5 Å². The van der Waals surface area contributed by atoms with Crippen molar-refractivity contribution in [2.75, 3.05) is 42.9 Å². The number of likely N-dealkylation sites (N-methyl/N-ethyl adjacent to an activating group) is 1. The molecule has 3 rings (SSSR count). The molecule has 1 aromatic carbocycles. The summed E-state index contributed by atoms with van der Waals surface area (Å²) in [5, 5.41) is 2.90. The number of amides is 1. The van der Waals surface area contributed by atoms with Crippen LogP contribution in [0.1, 0.15) is 17.3 Å². The van der Waals surface area contributed by atoms with Crippen molar-refractivity contribution < 1.29 is 4.79 Å². The average molecular weight is 310 g/mol. The molecule has 0 saturated carbocycles. The van der Waals surface area contributed by atoms with E-state index in [-0.39, 0.29) is 5.91 Å². The van der Waals surface area contributed by atoms with Crippen LogP contribution in [-0.2, 0) is 0 Å². The lowest BCUT2D eigenvalue weighted by atomic mass is 10.2. The molecule has 23 heavy (non-hydrogen) atoms. The smallest absolute Gasteiger partial charge is 0.257 e. The standard InChI is InChI=1S/C18H22N4O/c1-2-21-8-10-22(11-9-21)17-12-15(13-19-14-17)18(23)20-16-6-4-3-5-7-16/h3-7,12-14H,2,8-11H2,1H3,(H,20,23). The van der Waals surface area contributed by atoms with Gasteiger partial charge in [-0.15, -0.1) is 0 Å². The lowest BCUT2D eigenvalue weighted by molar-refractivity contribution is 0.102. The van der Waals surface area contributed by atoms with Gasteiger partial charge >= 0.3 is 0 Å². The number of pyridine rings is 1. The lowest BCUT2D eigenvalue weighted by Gasteiger charge is -2.35. The van der Waals surface area contributed by atoms with E-state index in [9.17, 15) is 4.79 Å². The summed E-state index contributed by atoms with van der Waals surface area (Å²) in [6.07, 6.45) is 3.45. The normalized spacial score (nSPS) is 15.4. The number of piperazine rings is 1. The number of anilines is 2.